The first-order chi connectivity index (χ1) is 12.2. The molecule has 1 unspecified atom stereocenters. The van der Waals surface area contributed by atoms with Gasteiger partial charge in [0.15, 0.2) is 0 Å². The van der Waals surface area contributed by atoms with Gasteiger partial charge in [-0.15, -0.1) is 0 Å². The molecule has 1 N–H and O–H groups in total. The van der Waals surface area contributed by atoms with Gasteiger partial charge in [0.05, 0.1) is 13.2 Å². The minimum Gasteiger partial charge on any atom is -0.469 e. The van der Waals surface area contributed by atoms with Crippen LogP contribution in [0, 0.1) is 0 Å². The van der Waals surface area contributed by atoms with Gasteiger partial charge in [-0.3, -0.25) is 4.79 Å². The molecule has 0 heterocycles. The summed E-state index contributed by atoms with van der Waals surface area (Å²) < 4.78 is 4.62. The zero-order valence-corrected chi connectivity index (χ0v) is 17.1. The van der Waals surface area contributed by atoms with Crippen molar-refractivity contribution in [1.82, 2.24) is 0 Å². The zero-order chi connectivity index (χ0) is 18.6. The number of esters is 1. The van der Waals surface area contributed by atoms with Gasteiger partial charge in [-0.25, -0.2) is 0 Å². The number of hydrogen-bond donors (Lipinski definition) is 1. The van der Waals surface area contributed by atoms with Crippen molar-refractivity contribution in [3.63, 3.8) is 0 Å². The summed E-state index contributed by atoms with van der Waals surface area (Å²) in [6, 6.07) is 0. The Morgan fingerprint density at radius 2 is 1.12 bits per heavy atom. The van der Waals surface area contributed by atoms with Gasteiger partial charge < -0.3 is 9.84 Å². The van der Waals surface area contributed by atoms with Gasteiger partial charge >= 0.3 is 5.97 Å². The van der Waals surface area contributed by atoms with Crippen LogP contribution in [0.25, 0.3) is 0 Å². The third-order valence-corrected chi connectivity index (χ3v) is 5.04. The van der Waals surface area contributed by atoms with E-state index in [9.17, 15) is 9.90 Å². The number of unbranched alkanes of at least 4 members (excludes halogenated alkanes) is 13. The lowest BCUT2D eigenvalue weighted by Gasteiger charge is -2.10. The molecule has 0 saturated carbocycles. The fourth-order valence-corrected chi connectivity index (χ4v) is 3.29. The number of aliphatic hydroxyl groups excluding tert-OH is 1. The largest absolute Gasteiger partial charge is 0.469 e. The predicted molar refractivity (Wildman–Crippen MR) is 107 cm³/mol. The van der Waals surface area contributed by atoms with Gasteiger partial charge in [-0.2, -0.15) is 0 Å². The fraction of sp³-hybridized carbons (Fsp3) is 0.955. The lowest BCUT2D eigenvalue weighted by Crippen LogP contribution is -2.06. The highest BCUT2D eigenvalue weighted by molar-refractivity contribution is 5.68. The zero-order valence-electron chi connectivity index (χ0n) is 17.1. The topological polar surface area (TPSA) is 46.5 Å². The molecule has 0 aliphatic rings. The van der Waals surface area contributed by atoms with E-state index in [1.165, 1.54) is 77.7 Å². The molecular weight excluding hydrogens is 312 g/mol. The van der Waals surface area contributed by atoms with Crippen LogP contribution in [0.1, 0.15) is 122 Å². The molecule has 0 saturated heterocycles. The van der Waals surface area contributed by atoms with Gasteiger partial charge in [-0.1, -0.05) is 96.8 Å². The number of ether oxygens (including phenoxy) is 1. The van der Waals surface area contributed by atoms with E-state index in [-0.39, 0.29) is 12.1 Å². The summed E-state index contributed by atoms with van der Waals surface area (Å²) in [5.41, 5.74) is 0. The number of aliphatic hydroxyl groups is 1. The molecule has 0 aromatic carbocycles. The van der Waals surface area contributed by atoms with E-state index in [4.69, 9.17) is 0 Å². The molecule has 0 aromatic heterocycles. The minimum absolute atomic E-state index is 0.114. The highest BCUT2D eigenvalue weighted by Gasteiger charge is 2.04. The molecule has 0 radical (unpaired) electrons. The quantitative estimate of drug-likeness (QED) is 0.210. The third kappa shape index (κ3) is 19.6. The van der Waals surface area contributed by atoms with Crippen LogP contribution in [-0.4, -0.2) is 24.3 Å². The van der Waals surface area contributed by atoms with Crippen molar-refractivity contribution in [3.05, 3.63) is 0 Å². The second kappa shape index (κ2) is 19.8. The van der Waals surface area contributed by atoms with E-state index in [1.54, 1.807) is 0 Å². The van der Waals surface area contributed by atoms with Crippen LogP contribution in [0.15, 0.2) is 0 Å². The highest BCUT2D eigenvalue weighted by Crippen LogP contribution is 2.15. The monoisotopic (exact) mass is 356 g/mol. The molecule has 0 amide bonds. The Balaban J connectivity index is 3.17. The Labute approximate surface area is 156 Å². The third-order valence-electron chi connectivity index (χ3n) is 5.04. The maximum Gasteiger partial charge on any atom is 0.305 e. The lowest BCUT2D eigenvalue weighted by molar-refractivity contribution is -0.140. The molecule has 0 aromatic rings. The standard InChI is InChI=1S/C22H44O3/c1-3-4-5-6-7-8-9-10-11-12-15-18-21(23)19-16-13-14-17-20-22(24)25-2/h21,23H,3-20H2,1-2H3. The van der Waals surface area contributed by atoms with Gasteiger partial charge in [0, 0.05) is 6.42 Å². The van der Waals surface area contributed by atoms with Crippen LogP contribution in [-0.2, 0) is 9.53 Å². The van der Waals surface area contributed by atoms with E-state index in [0.717, 1.165) is 38.5 Å². The molecule has 0 aliphatic heterocycles. The summed E-state index contributed by atoms with van der Waals surface area (Å²) >= 11 is 0. The van der Waals surface area contributed by atoms with Crippen LogP contribution in [0.2, 0.25) is 0 Å². The first-order valence-electron chi connectivity index (χ1n) is 11.0. The number of methoxy groups -OCH3 is 1. The van der Waals surface area contributed by atoms with Crippen LogP contribution in [0.3, 0.4) is 0 Å². The molecule has 0 rings (SSSR count). The SMILES string of the molecule is CCCCCCCCCCCCCC(O)CCCCCCC(=O)OC. The molecule has 0 spiro atoms. The maximum absolute atomic E-state index is 11.0. The molecule has 0 bridgehead atoms. The van der Waals surface area contributed by atoms with Crippen molar-refractivity contribution >= 4 is 5.97 Å². The molecule has 25 heavy (non-hydrogen) atoms. The molecule has 3 heteroatoms. The fourth-order valence-electron chi connectivity index (χ4n) is 3.29. The van der Waals surface area contributed by atoms with Crippen molar-refractivity contribution < 1.29 is 14.6 Å². The van der Waals surface area contributed by atoms with E-state index in [1.807, 2.05) is 0 Å². The van der Waals surface area contributed by atoms with Crippen molar-refractivity contribution in [2.24, 2.45) is 0 Å². The van der Waals surface area contributed by atoms with E-state index < -0.39 is 0 Å². The smallest absolute Gasteiger partial charge is 0.305 e. The Morgan fingerprint density at radius 3 is 1.56 bits per heavy atom. The van der Waals surface area contributed by atoms with Crippen LogP contribution < -0.4 is 0 Å². The summed E-state index contributed by atoms with van der Waals surface area (Å²) in [7, 11) is 1.44. The van der Waals surface area contributed by atoms with E-state index >= 15 is 0 Å². The van der Waals surface area contributed by atoms with Gasteiger partial charge in [0.1, 0.15) is 0 Å². The van der Waals surface area contributed by atoms with Gasteiger partial charge in [0.25, 0.3) is 0 Å². The number of rotatable bonds is 19. The average Bonchev–Trinajstić information content (AvgIpc) is 2.62. The Morgan fingerprint density at radius 1 is 0.720 bits per heavy atom. The average molecular weight is 357 g/mol. The number of hydrogen-bond acceptors (Lipinski definition) is 3. The van der Waals surface area contributed by atoms with Crippen LogP contribution in [0.4, 0.5) is 0 Å². The van der Waals surface area contributed by atoms with Gasteiger partial charge in [0.2, 0.25) is 0 Å². The summed E-state index contributed by atoms with van der Waals surface area (Å²) in [5.74, 6) is -0.114. The first kappa shape index (κ1) is 24.4. The van der Waals surface area contributed by atoms with E-state index in [2.05, 4.69) is 11.7 Å². The summed E-state index contributed by atoms with van der Waals surface area (Å²) in [4.78, 5) is 11.0. The summed E-state index contributed by atoms with van der Waals surface area (Å²) in [5, 5.41) is 10.0. The maximum atomic E-state index is 11.0. The molecule has 0 fully saturated rings. The number of carbonyl (C=O) groups is 1. The van der Waals surface area contributed by atoms with Crippen molar-refractivity contribution in [3.8, 4) is 0 Å². The second-order valence-corrected chi connectivity index (χ2v) is 7.51. The summed E-state index contributed by atoms with van der Waals surface area (Å²) in [6.07, 6.45) is 21.3. The first-order valence-corrected chi connectivity index (χ1v) is 11.0. The van der Waals surface area contributed by atoms with Crippen molar-refractivity contribution in [2.45, 2.75) is 129 Å². The van der Waals surface area contributed by atoms with Crippen LogP contribution >= 0.6 is 0 Å². The van der Waals surface area contributed by atoms with Crippen molar-refractivity contribution in [2.75, 3.05) is 7.11 Å². The van der Waals surface area contributed by atoms with E-state index in [0.29, 0.717) is 6.42 Å². The number of carbonyl (C=O) groups excluding carboxylic acids is 1. The molecule has 1 atom stereocenters. The predicted octanol–water partition coefficient (Wildman–Crippen LogP) is 6.56. The van der Waals surface area contributed by atoms with Crippen LogP contribution in [0.5, 0.6) is 0 Å². The minimum atomic E-state index is -0.126. The second-order valence-electron chi connectivity index (χ2n) is 7.51. The molecule has 150 valence electrons. The molecular formula is C22H44O3. The molecule has 0 aliphatic carbocycles. The molecule has 3 nitrogen and oxygen atoms in total. The Hall–Kier alpha value is -0.570. The van der Waals surface area contributed by atoms with Gasteiger partial charge in [-0.05, 0) is 19.3 Å². The summed E-state index contributed by atoms with van der Waals surface area (Å²) in [6.45, 7) is 2.27. The van der Waals surface area contributed by atoms with Crippen molar-refractivity contribution in [1.29, 1.82) is 0 Å². The Bertz CT molecular complexity index is 278. The Kier molecular flexibility index (Phi) is 19.3. The lowest BCUT2D eigenvalue weighted by atomic mass is 10.0. The normalized spacial score (nSPS) is 12.3. The highest BCUT2D eigenvalue weighted by atomic mass is 16.5.